The minimum atomic E-state index is -0.424. The van der Waals surface area contributed by atoms with Gasteiger partial charge in [0.1, 0.15) is 0 Å². The Morgan fingerprint density at radius 1 is 1.62 bits per heavy atom. The molecule has 0 aromatic heterocycles. The minimum absolute atomic E-state index is 0.0677. The van der Waals surface area contributed by atoms with Crippen LogP contribution in [-0.4, -0.2) is 29.8 Å². The van der Waals surface area contributed by atoms with Crippen molar-refractivity contribution in [3.05, 3.63) is 11.6 Å². The molecule has 74 valence electrons. The van der Waals surface area contributed by atoms with Crippen molar-refractivity contribution < 1.29 is 9.53 Å². The molecule has 2 atom stereocenters. The first-order valence-corrected chi connectivity index (χ1v) is 4.36. The molecule has 2 amide bonds. The highest BCUT2D eigenvalue weighted by molar-refractivity contribution is 5.73. The number of hydrogen-bond donors (Lipinski definition) is 1. The fourth-order valence-electron chi connectivity index (χ4n) is 1.41. The van der Waals surface area contributed by atoms with E-state index in [4.69, 9.17) is 10.5 Å². The predicted octanol–water partition coefficient (Wildman–Crippen LogP) is 1.08. The van der Waals surface area contributed by atoms with E-state index in [2.05, 4.69) is 0 Å². The van der Waals surface area contributed by atoms with Crippen LogP contribution in [0.2, 0.25) is 0 Å². The van der Waals surface area contributed by atoms with Gasteiger partial charge in [0, 0.05) is 0 Å². The molecule has 0 saturated carbocycles. The second kappa shape index (κ2) is 3.79. The second-order valence-corrected chi connectivity index (χ2v) is 3.56. The number of nitrogens with zero attached hydrogens (tertiary/aromatic N) is 1. The Hall–Kier alpha value is -1.03. The average Bonchev–Trinajstić information content (AvgIpc) is 2.30. The number of hydrogen-bond acceptors (Lipinski definition) is 2. The van der Waals surface area contributed by atoms with Gasteiger partial charge in [-0.1, -0.05) is 5.57 Å². The maximum Gasteiger partial charge on any atom is 0.317 e. The van der Waals surface area contributed by atoms with Crippen LogP contribution in [0.25, 0.3) is 0 Å². The molecule has 0 aliphatic carbocycles. The fraction of sp³-hybridized carbons (Fsp3) is 0.667. The lowest BCUT2D eigenvalue weighted by atomic mass is 10.3. The molecule has 1 rings (SSSR count). The van der Waals surface area contributed by atoms with Gasteiger partial charge in [-0.15, -0.1) is 0 Å². The van der Waals surface area contributed by atoms with Gasteiger partial charge in [-0.3, -0.25) is 4.90 Å². The smallest absolute Gasteiger partial charge is 0.317 e. The third-order valence-electron chi connectivity index (χ3n) is 1.99. The summed E-state index contributed by atoms with van der Waals surface area (Å²) in [6, 6.07) is -0.356. The molecule has 1 fully saturated rings. The molecule has 1 aliphatic rings. The molecular weight excluding hydrogens is 168 g/mol. The van der Waals surface area contributed by atoms with E-state index in [1.807, 2.05) is 26.8 Å². The van der Waals surface area contributed by atoms with Crippen molar-refractivity contribution in [2.45, 2.75) is 33.0 Å². The van der Waals surface area contributed by atoms with Crippen molar-refractivity contribution in [1.82, 2.24) is 4.90 Å². The summed E-state index contributed by atoms with van der Waals surface area (Å²) in [6.45, 7) is 6.40. The van der Waals surface area contributed by atoms with Gasteiger partial charge in [0.2, 0.25) is 0 Å². The molecule has 0 radical (unpaired) electrons. The maximum absolute atomic E-state index is 11.0. The highest BCUT2D eigenvalue weighted by atomic mass is 16.5. The van der Waals surface area contributed by atoms with Crippen molar-refractivity contribution in [2.24, 2.45) is 5.73 Å². The third-order valence-corrected chi connectivity index (χ3v) is 1.99. The highest BCUT2D eigenvalue weighted by Crippen LogP contribution is 2.18. The first-order valence-electron chi connectivity index (χ1n) is 4.36. The summed E-state index contributed by atoms with van der Waals surface area (Å²) in [5, 5.41) is 0. The average molecular weight is 184 g/mol. The normalized spacial score (nSPS) is 27.5. The SMILES string of the molecule is CC(C)=C[C@@H]1OC[C@H](C)N1C(N)=O. The van der Waals surface area contributed by atoms with Crippen LogP contribution in [0, 0.1) is 0 Å². The third kappa shape index (κ3) is 2.21. The number of carbonyl (C=O) groups is 1. The highest BCUT2D eigenvalue weighted by Gasteiger charge is 2.32. The van der Waals surface area contributed by atoms with E-state index >= 15 is 0 Å². The lowest BCUT2D eigenvalue weighted by molar-refractivity contribution is 0.0878. The zero-order valence-electron chi connectivity index (χ0n) is 8.28. The zero-order chi connectivity index (χ0) is 10.0. The van der Waals surface area contributed by atoms with Crippen molar-refractivity contribution in [2.75, 3.05) is 6.61 Å². The second-order valence-electron chi connectivity index (χ2n) is 3.56. The van der Waals surface area contributed by atoms with E-state index in [1.165, 1.54) is 0 Å². The van der Waals surface area contributed by atoms with Gasteiger partial charge < -0.3 is 10.5 Å². The monoisotopic (exact) mass is 184 g/mol. The Morgan fingerprint density at radius 2 is 2.23 bits per heavy atom. The van der Waals surface area contributed by atoms with Gasteiger partial charge in [-0.05, 0) is 26.8 Å². The standard InChI is InChI=1S/C9H16N2O2/c1-6(2)4-8-11(9(10)12)7(3)5-13-8/h4,7-8H,5H2,1-3H3,(H2,10,12)/t7-,8-/m0/s1. The summed E-state index contributed by atoms with van der Waals surface area (Å²) in [6.07, 6.45) is 1.62. The summed E-state index contributed by atoms with van der Waals surface area (Å²) >= 11 is 0. The number of amides is 2. The van der Waals surface area contributed by atoms with Gasteiger partial charge >= 0.3 is 6.03 Å². The Kier molecular flexibility index (Phi) is 2.93. The van der Waals surface area contributed by atoms with Crippen LogP contribution in [0.3, 0.4) is 0 Å². The van der Waals surface area contributed by atoms with Crippen LogP contribution in [-0.2, 0) is 4.74 Å². The Bertz CT molecular complexity index is 234. The Morgan fingerprint density at radius 3 is 2.69 bits per heavy atom. The first-order chi connectivity index (χ1) is 6.02. The van der Waals surface area contributed by atoms with Gasteiger partial charge in [-0.2, -0.15) is 0 Å². The summed E-state index contributed by atoms with van der Waals surface area (Å²) < 4.78 is 5.40. The number of allylic oxidation sites excluding steroid dienone is 1. The van der Waals surface area contributed by atoms with Crippen molar-refractivity contribution in [1.29, 1.82) is 0 Å². The van der Waals surface area contributed by atoms with E-state index in [-0.39, 0.29) is 12.3 Å². The van der Waals surface area contributed by atoms with Crippen LogP contribution < -0.4 is 5.73 Å². The van der Waals surface area contributed by atoms with E-state index in [0.29, 0.717) is 6.61 Å². The molecule has 1 saturated heterocycles. The van der Waals surface area contributed by atoms with E-state index < -0.39 is 6.03 Å². The van der Waals surface area contributed by atoms with Crippen LogP contribution in [0.1, 0.15) is 20.8 Å². The molecule has 1 heterocycles. The molecule has 0 bridgehead atoms. The quantitative estimate of drug-likeness (QED) is 0.620. The first kappa shape index (κ1) is 10.1. The fourth-order valence-corrected chi connectivity index (χ4v) is 1.41. The number of urea groups is 1. The molecule has 1 aliphatic heterocycles. The lowest BCUT2D eigenvalue weighted by Crippen LogP contribution is -2.43. The predicted molar refractivity (Wildman–Crippen MR) is 50.1 cm³/mol. The molecule has 4 heteroatoms. The summed E-state index contributed by atoms with van der Waals surface area (Å²) in [7, 11) is 0. The number of nitrogens with two attached hydrogens (primary N) is 1. The van der Waals surface area contributed by atoms with Crippen molar-refractivity contribution in [3.8, 4) is 0 Å². The lowest BCUT2D eigenvalue weighted by Gasteiger charge is -2.22. The molecule has 4 nitrogen and oxygen atoms in total. The minimum Gasteiger partial charge on any atom is -0.352 e. The number of carbonyl (C=O) groups excluding carboxylic acids is 1. The topological polar surface area (TPSA) is 55.6 Å². The van der Waals surface area contributed by atoms with E-state index in [1.54, 1.807) is 4.90 Å². The largest absolute Gasteiger partial charge is 0.352 e. The van der Waals surface area contributed by atoms with Crippen LogP contribution in [0.5, 0.6) is 0 Å². The molecular formula is C9H16N2O2. The van der Waals surface area contributed by atoms with Crippen molar-refractivity contribution >= 4 is 6.03 Å². The summed E-state index contributed by atoms with van der Waals surface area (Å²) in [5.74, 6) is 0. The maximum atomic E-state index is 11.0. The van der Waals surface area contributed by atoms with Crippen LogP contribution in [0.4, 0.5) is 4.79 Å². The van der Waals surface area contributed by atoms with E-state index in [0.717, 1.165) is 5.57 Å². The number of primary amides is 1. The summed E-state index contributed by atoms with van der Waals surface area (Å²) in [5.41, 5.74) is 6.35. The molecule has 0 spiro atoms. The molecule has 13 heavy (non-hydrogen) atoms. The molecule has 0 aromatic carbocycles. The van der Waals surface area contributed by atoms with E-state index in [9.17, 15) is 4.79 Å². The number of rotatable bonds is 1. The van der Waals surface area contributed by atoms with Crippen LogP contribution >= 0.6 is 0 Å². The van der Waals surface area contributed by atoms with Gasteiger partial charge in [0.05, 0.1) is 12.6 Å². The van der Waals surface area contributed by atoms with Crippen LogP contribution in [0.15, 0.2) is 11.6 Å². The molecule has 0 aromatic rings. The Balaban J connectivity index is 2.76. The summed E-state index contributed by atoms with van der Waals surface area (Å²) in [4.78, 5) is 12.6. The molecule has 0 unspecified atom stereocenters. The van der Waals surface area contributed by atoms with Gasteiger partial charge in [-0.25, -0.2) is 4.79 Å². The van der Waals surface area contributed by atoms with Crippen molar-refractivity contribution in [3.63, 3.8) is 0 Å². The Labute approximate surface area is 78.3 Å². The molecule has 2 N–H and O–H groups in total. The zero-order valence-corrected chi connectivity index (χ0v) is 8.28. The van der Waals surface area contributed by atoms with Gasteiger partial charge in [0.25, 0.3) is 0 Å². The van der Waals surface area contributed by atoms with Gasteiger partial charge in [0.15, 0.2) is 6.23 Å². The number of ether oxygens (including phenoxy) is 1.